The van der Waals surface area contributed by atoms with Crippen molar-refractivity contribution in [3.8, 4) is 11.5 Å². The van der Waals surface area contributed by atoms with Crippen molar-refractivity contribution in [2.75, 3.05) is 14.2 Å². The Labute approximate surface area is 123 Å². The molecule has 0 saturated heterocycles. The summed E-state index contributed by atoms with van der Waals surface area (Å²) in [5.74, 6) is 1.37. The summed E-state index contributed by atoms with van der Waals surface area (Å²) in [4.78, 5) is 5.11. The van der Waals surface area contributed by atoms with Gasteiger partial charge in [0.05, 0.1) is 25.3 Å². The van der Waals surface area contributed by atoms with Crippen molar-refractivity contribution in [2.24, 2.45) is 0 Å². The van der Waals surface area contributed by atoms with Crippen molar-refractivity contribution in [1.29, 1.82) is 0 Å². The van der Waals surface area contributed by atoms with E-state index in [2.05, 4.69) is 4.98 Å². The second kappa shape index (κ2) is 6.24. The van der Waals surface area contributed by atoms with Crippen molar-refractivity contribution < 1.29 is 14.6 Å². The second-order valence-electron chi connectivity index (χ2n) is 5.01. The van der Waals surface area contributed by atoms with Crippen LogP contribution in [0.15, 0.2) is 29.9 Å². The van der Waals surface area contributed by atoms with Crippen molar-refractivity contribution in [2.45, 2.75) is 25.4 Å². The normalized spacial score (nSPS) is 13.8. The maximum atomic E-state index is 10.5. The van der Waals surface area contributed by atoms with E-state index in [1.165, 1.54) is 0 Å². The molecule has 1 unspecified atom stereocenters. The van der Waals surface area contributed by atoms with Gasteiger partial charge in [0.2, 0.25) is 0 Å². The van der Waals surface area contributed by atoms with Gasteiger partial charge < -0.3 is 14.6 Å². The quantitative estimate of drug-likeness (QED) is 0.889. The van der Waals surface area contributed by atoms with Gasteiger partial charge in [-0.3, -0.25) is 4.98 Å². The first kappa shape index (κ1) is 14.8. The third-order valence-electron chi connectivity index (χ3n) is 3.07. The number of methoxy groups -OCH3 is 2. The second-order valence-corrected chi connectivity index (χ2v) is 5.98. The highest BCUT2D eigenvalue weighted by Gasteiger charge is 2.23. The average molecular weight is 293 g/mol. The summed E-state index contributed by atoms with van der Waals surface area (Å²) >= 11 is 1.56. The van der Waals surface area contributed by atoms with Crippen LogP contribution in [0.3, 0.4) is 0 Å². The molecular formula is C15H19NO3S. The molecule has 0 radical (unpaired) electrons. The summed E-state index contributed by atoms with van der Waals surface area (Å²) in [7, 11) is 3.22. The molecule has 0 aliphatic rings. The SMILES string of the molecule is COc1ccc(CC(C)(O)Cc2cncs2)cc1OC. The van der Waals surface area contributed by atoms with Gasteiger partial charge in [-0.15, -0.1) is 11.3 Å². The fourth-order valence-corrected chi connectivity index (χ4v) is 2.97. The van der Waals surface area contributed by atoms with Gasteiger partial charge in [-0.2, -0.15) is 0 Å². The zero-order valence-corrected chi connectivity index (χ0v) is 12.7. The number of benzene rings is 1. The Morgan fingerprint density at radius 3 is 2.55 bits per heavy atom. The highest BCUT2D eigenvalue weighted by atomic mass is 32.1. The zero-order chi connectivity index (χ0) is 14.6. The molecule has 4 nitrogen and oxygen atoms in total. The fourth-order valence-electron chi connectivity index (χ4n) is 2.20. The Balaban J connectivity index is 2.12. The lowest BCUT2D eigenvalue weighted by Crippen LogP contribution is -2.29. The van der Waals surface area contributed by atoms with Gasteiger partial charge in [0.1, 0.15) is 0 Å². The Morgan fingerprint density at radius 1 is 1.20 bits per heavy atom. The van der Waals surface area contributed by atoms with Crippen molar-refractivity contribution in [1.82, 2.24) is 4.98 Å². The molecule has 0 fully saturated rings. The van der Waals surface area contributed by atoms with E-state index in [1.54, 1.807) is 37.3 Å². The molecule has 1 heterocycles. The number of rotatable bonds is 6. The number of thiazole rings is 1. The monoisotopic (exact) mass is 293 g/mol. The van der Waals surface area contributed by atoms with Crippen LogP contribution in [0.25, 0.3) is 0 Å². The average Bonchev–Trinajstić information content (AvgIpc) is 2.90. The minimum absolute atomic E-state index is 0.547. The van der Waals surface area contributed by atoms with E-state index in [0.717, 1.165) is 10.4 Å². The molecule has 1 aromatic carbocycles. The molecule has 5 heteroatoms. The summed E-state index contributed by atoms with van der Waals surface area (Å²) in [5.41, 5.74) is 1.98. The molecule has 0 spiro atoms. The number of hydrogen-bond donors (Lipinski definition) is 1. The number of ether oxygens (including phenoxy) is 2. The van der Waals surface area contributed by atoms with E-state index < -0.39 is 5.60 Å². The van der Waals surface area contributed by atoms with E-state index in [0.29, 0.717) is 24.3 Å². The Bertz CT molecular complexity index is 552. The molecule has 2 rings (SSSR count). The maximum Gasteiger partial charge on any atom is 0.160 e. The highest BCUT2D eigenvalue weighted by Crippen LogP contribution is 2.29. The van der Waals surface area contributed by atoms with Crippen LogP contribution in [0.4, 0.5) is 0 Å². The molecule has 0 saturated carbocycles. The largest absolute Gasteiger partial charge is 0.493 e. The lowest BCUT2D eigenvalue weighted by molar-refractivity contribution is 0.0615. The lowest BCUT2D eigenvalue weighted by Gasteiger charge is -2.23. The molecule has 1 N–H and O–H groups in total. The summed E-state index contributed by atoms with van der Waals surface area (Å²) in [6, 6.07) is 5.71. The van der Waals surface area contributed by atoms with Gasteiger partial charge in [-0.25, -0.2) is 0 Å². The number of nitrogens with zero attached hydrogens (tertiary/aromatic N) is 1. The van der Waals surface area contributed by atoms with Crippen molar-refractivity contribution >= 4 is 11.3 Å². The highest BCUT2D eigenvalue weighted by molar-refractivity contribution is 7.09. The van der Waals surface area contributed by atoms with E-state index in [9.17, 15) is 5.11 Å². The van der Waals surface area contributed by atoms with Crippen LogP contribution in [0.2, 0.25) is 0 Å². The zero-order valence-electron chi connectivity index (χ0n) is 11.9. The standard InChI is InChI=1S/C15H19NO3S/c1-15(17,8-12-9-16-10-20-12)7-11-4-5-13(18-2)14(6-11)19-3/h4-6,9-10,17H,7-8H2,1-3H3. The maximum absolute atomic E-state index is 10.5. The Hall–Kier alpha value is -1.59. The third kappa shape index (κ3) is 3.71. The number of hydrogen-bond acceptors (Lipinski definition) is 5. The molecule has 2 aromatic rings. The van der Waals surface area contributed by atoms with Gasteiger partial charge in [-0.1, -0.05) is 6.07 Å². The predicted octanol–water partition coefficient (Wildman–Crippen LogP) is 2.70. The molecule has 0 amide bonds. The predicted molar refractivity (Wildman–Crippen MR) is 79.7 cm³/mol. The molecule has 108 valence electrons. The van der Waals surface area contributed by atoms with Crippen LogP contribution in [0, 0.1) is 0 Å². The number of aliphatic hydroxyl groups is 1. The Kier molecular flexibility index (Phi) is 4.62. The molecular weight excluding hydrogens is 274 g/mol. The topological polar surface area (TPSA) is 51.6 Å². The van der Waals surface area contributed by atoms with Gasteiger partial charge in [-0.05, 0) is 24.6 Å². The van der Waals surface area contributed by atoms with E-state index in [4.69, 9.17) is 9.47 Å². The first-order valence-corrected chi connectivity index (χ1v) is 7.23. The molecule has 1 atom stereocenters. The molecule has 20 heavy (non-hydrogen) atoms. The van der Waals surface area contributed by atoms with E-state index in [-0.39, 0.29) is 0 Å². The van der Waals surface area contributed by atoms with E-state index in [1.807, 2.05) is 25.1 Å². The first-order chi connectivity index (χ1) is 9.54. The Morgan fingerprint density at radius 2 is 1.95 bits per heavy atom. The summed E-state index contributed by atoms with van der Waals surface area (Å²) < 4.78 is 10.5. The molecule has 0 bridgehead atoms. The molecule has 0 aliphatic carbocycles. The van der Waals surface area contributed by atoms with Crippen LogP contribution in [-0.2, 0) is 12.8 Å². The minimum Gasteiger partial charge on any atom is -0.493 e. The van der Waals surface area contributed by atoms with Crippen LogP contribution < -0.4 is 9.47 Å². The van der Waals surface area contributed by atoms with Gasteiger partial charge in [0.25, 0.3) is 0 Å². The minimum atomic E-state index is -0.813. The molecule has 0 aliphatic heterocycles. The summed E-state index contributed by atoms with van der Waals surface area (Å²) in [6.07, 6.45) is 2.94. The van der Waals surface area contributed by atoms with Crippen LogP contribution in [0.5, 0.6) is 11.5 Å². The van der Waals surface area contributed by atoms with Crippen molar-refractivity contribution in [3.63, 3.8) is 0 Å². The van der Waals surface area contributed by atoms with Crippen LogP contribution >= 0.6 is 11.3 Å². The van der Waals surface area contributed by atoms with Crippen molar-refractivity contribution in [3.05, 3.63) is 40.3 Å². The lowest BCUT2D eigenvalue weighted by atomic mass is 9.92. The van der Waals surface area contributed by atoms with Gasteiger partial charge >= 0.3 is 0 Å². The van der Waals surface area contributed by atoms with Gasteiger partial charge in [0.15, 0.2) is 11.5 Å². The number of aromatic nitrogens is 1. The smallest absolute Gasteiger partial charge is 0.160 e. The molecule has 1 aromatic heterocycles. The summed E-state index contributed by atoms with van der Waals surface area (Å²) in [6.45, 7) is 1.84. The summed E-state index contributed by atoms with van der Waals surface area (Å²) in [5, 5.41) is 10.5. The van der Waals surface area contributed by atoms with Gasteiger partial charge in [0, 0.05) is 23.9 Å². The van der Waals surface area contributed by atoms with E-state index >= 15 is 0 Å². The van der Waals surface area contributed by atoms with Crippen LogP contribution in [-0.4, -0.2) is 29.9 Å². The first-order valence-electron chi connectivity index (χ1n) is 6.35. The third-order valence-corrected chi connectivity index (χ3v) is 3.85. The van der Waals surface area contributed by atoms with Crippen LogP contribution in [0.1, 0.15) is 17.4 Å². The fraction of sp³-hybridized carbons (Fsp3) is 0.400.